The third-order valence-electron chi connectivity index (χ3n) is 3.20. The molecular weight excluding hydrogens is 290 g/mol. The normalized spacial score (nSPS) is 11.0. The van der Waals surface area contributed by atoms with E-state index in [4.69, 9.17) is 14.2 Å². The van der Waals surface area contributed by atoms with Gasteiger partial charge in [0.1, 0.15) is 12.4 Å². The molecule has 4 nitrogen and oxygen atoms in total. The van der Waals surface area contributed by atoms with Gasteiger partial charge in [-0.3, -0.25) is 4.99 Å². The first-order chi connectivity index (χ1) is 11.3. The summed E-state index contributed by atoms with van der Waals surface area (Å²) in [5.74, 6) is 0.827. The van der Waals surface area contributed by atoms with Gasteiger partial charge in [0.2, 0.25) is 0 Å². The molecule has 0 radical (unpaired) electrons. The van der Waals surface area contributed by atoms with E-state index < -0.39 is 0 Å². The lowest BCUT2D eigenvalue weighted by Gasteiger charge is -2.07. The topological polar surface area (TPSA) is 40.0 Å². The Morgan fingerprint density at radius 1 is 0.870 bits per heavy atom. The monoisotopic (exact) mass is 313 g/mol. The van der Waals surface area contributed by atoms with Crippen molar-refractivity contribution in [2.45, 2.75) is 6.92 Å². The fourth-order valence-corrected chi connectivity index (χ4v) is 1.89. The van der Waals surface area contributed by atoms with E-state index in [-0.39, 0.29) is 0 Å². The van der Waals surface area contributed by atoms with Crippen LogP contribution in [0.1, 0.15) is 11.1 Å². The van der Waals surface area contributed by atoms with Crippen molar-refractivity contribution in [2.24, 2.45) is 4.99 Å². The molecular formula is C19H23NO3. The number of benzene rings is 2. The smallest absolute Gasteiger partial charge is 0.119 e. The molecule has 0 saturated heterocycles. The van der Waals surface area contributed by atoms with Crippen molar-refractivity contribution in [1.29, 1.82) is 0 Å². The van der Waals surface area contributed by atoms with Crippen LogP contribution in [0.3, 0.4) is 0 Å². The maximum Gasteiger partial charge on any atom is 0.119 e. The van der Waals surface area contributed by atoms with Crippen LogP contribution in [0.4, 0.5) is 5.69 Å². The SMILES string of the molecule is COCCOCCOc1ccc(C=Nc2ccc(C)cc2)cc1. The van der Waals surface area contributed by atoms with Crippen molar-refractivity contribution >= 4 is 11.9 Å². The van der Waals surface area contributed by atoms with E-state index in [0.29, 0.717) is 26.4 Å². The van der Waals surface area contributed by atoms with Gasteiger partial charge < -0.3 is 14.2 Å². The number of aryl methyl sites for hydroxylation is 1. The van der Waals surface area contributed by atoms with Gasteiger partial charge in [-0.2, -0.15) is 0 Å². The van der Waals surface area contributed by atoms with Crippen molar-refractivity contribution in [2.75, 3.05) is 33.5 Å². The zero-order valence-electron chi connectivity index (χ0n) is 13.7. The van der Waals surface area contributed by atoms with Gasteiger partial charge in [-0.25, -0.2) is 0 Å². The Kier molecular flexibility index (Phi) is 7.30. The van der Waals surface area contributed by atoms with Gasteiger partial charge in [-0.15, -0.1) is 0 Å². The summed E-state index contributed by atoms with van der Waals surface area (Å²) in [7, 11) is 1.66. The van der Waals surface area contributed by atoms with Crippen molar-refractivity contribution < 1.29 is 14.2 Å². The first-order valence-corrected chi connectivity index (χ1v) is 7.68. The van der Waals surface area contributed by atoms with E-state index in [1.165, 1.54) is 5.56 Å². The molecule has 0 saturated carbocycles. The molecule has 0 amide bonds. The van der Waals surface area contributed by atoms with Crippen LogP contribution < -0.4 is 4.74 Å². The van der Waals surface area contributed by atoms with Gasteiger partial charge in [0.05, 0.1) is 25.5 Å². The highest BCUT2D eigenvalue weighted by atomic mass is 16.5. The minimum Gasteiger partial charge on any atom is -0.491 e. The Bertz CT molecular complexity index is 591. The maximum absolute atomic E-state index is 5.61. The largest absolute Gasteiger partial charge is 0.491 e. The maximum atomic E-state index is 5.61. The molecule has 0 aromatic heterocycles. The van der Waals surface area contributed by atoms with Crippen LogP contribution in [-0.4, -0.2) is 39.8 Å². The molecule has 2 aromatic carbocycles. The van der Waals surface area contributed by atoms with E-state index in [2.05, 4.69) is 24.0 Å². The van der Waals surface area contributed by atoms with E-state index >= 15 is 0 Å². The van der Waals surface area contributed by atoms with Crippen LogP contribution in [0.5, 0.6) is 5.75 Å². The summed E-state index contributed by atoms with van der Waals surface area (Å²) in [6.07, 6.45) is 1.85. The minimum atomic E-state index is 0.528. The molecule has 0 heterocycles. The second-order valence-corrected chi connectivity index (χ2v) is 5.12. The predicted octanol–water partition coefficient (Wildman–Crippen LogP) is 3.79. The molecule has 4 heteroatoms. The molecule has 0 spiro atoms. The number of ether oxygens (including phenoxy) is 3. The van der Waals surface area contributed by atoms with E-state index in [1.54, 1.807) is 7.11 Å². The lowest BCUT2D eigenvalue weighted by Crippen LogP contribution is -2.09. The van der Waals surface area contributed by atoms with Gasteiger partial charge in [-0.1, -0.05) is 17.7 Å². The Balaban J connectivity index is 1.76. The van der Waals surface area contributed by atoms with Crippen molar-refractivity contribution in [3.05, 3.63) is 59.7 Å². The second kappa shape index (κ2) is 9.77. The van der Waals surface area contributed by atoms with Crippen molar-refractivity contribution in [1.82, 2.24) is 0 Å². The third kappa shape index (κ3) is 6.63. The van der Waals surface area contributed by atoms with Crippen LogP contribution >= 0.6 is 0 Å². The highest BCUT2D eigenvalue weighted by Crippen LogP contribution is 2.14. The predicted molar refractivity (Wildman–Crippen MR) is 93.1 cm³/mol. The van der Waals surface area contributed by atoms with Crippen molar-refractivity contribution in [3.63, 3.8) is 0 Å². The molecule has 0 bridgehead atoms. The van der Waals surface area contributed by atoms with Crippen molar-refractivity contribution in [3.8, 4) is 5.75 Å². The van der Waals surface area contributed by atoms with E-state index in [9.17, 15) is 0 Å². The quantitative estimate of drug-likeness (QED) is 0.522. The first kappa shape index (κ1) is 17.2. The molecule has 0 aliphatic heterocycles. The minimum absolute atomic E-state index is 0.528. The van der Waals surface area contributed by atoms with Crippen LogP contribution in [0, 0.1) is 6.92 Å². The van der Waals surface area contributed by atoms with Gasteiger partial charge in [0, 0.05) is 13.3 Å². The van der Waals surface area contributed by atoms with Crippen LogP contribution in [-0.2, 0) is 9.47 Å². The molecule has 0 aliphatic carbocycles. The first-order valence-electron chi connectivity index (χ1n) is 7.68. The summed E-state index contributed by atoms with van der Waals surface area (Å²) in [4.78, 5) is 4.45. The summed E-state index contributed by atoms with van der Waals surface area (Å²) in [5, 5.41) is 0. The molecule has 0 atom stereocenters. The van der Waals surface area contributed by atoms with Crippen LogP contribution in [0.2, 0.25) is 0 Å². The zero-order valence-corrected chi connectivity index (χ0v) is 13.7. The molecule has 0 N–H and O–H groups in total. The number of methoxy groups -OCH3 is 1. The van der Waals surface area contributed by atoms with Gasteiger partial charge in [0.25, 0.3) is 0 Å². The molecule has 2 aromatic rings. The lowest BCUT2D eigenvalue weighted by atomic mass is 10.2. The molecule has 0 unspecified atom stereocenters. The Hall–Kier alpha value is -2.17. The number of aliphatic imine (C=N–C) groups is 1. The Morgan fingerprint density at radius 3 is 2.26 bits per heavy atom. The number of hydrogen-bond donors (Lipinski definition) is 0. The van der Waals surface area contributed by atoms with Crippen LogP contribution in [0.15, 0.2) is 53.5 Å². The lowest BCUT2D eigenvalue weighted by molar-refractivity contribution is 0.0544. The second-order valence-electron chi connectivity index (χ2n) is 5.12. The molecule has 0 fully saturated rings. The highest BCUT2D eigenvalue weighted by molar-refractivity contribution is 5.82. The Morgan fingerprint density at radius 2 is 1.57 bits per heavy atom. The standard InChI is InChI=1S/C19H23NO3/c1-16-3-7-18(8-4-16)20-15-17-5-9-19(10-6-17)23-14-13-22-12-11-21-2/h3-10,15H,11-14H2,1-2H3. The van der Waals surface area contributed by atoms with Crippen LogP contribution in [0.25, 0.3) is 0 Å². The summed E-state index contributed by atoms with van der Waals surface area (Å²) in [6.45, 7) is 4.35. The van der Waals surface area contributed by atoms with E-state index in [0.717, 1.165) is 17.0 Å². The van der Waals surface area contributed by atoms with Gasteiger partial charge >= 0.3 is 0 Å². The average molecular weight is 313 g/mol. The van der Waals surface area contributed by atoms with Gasteiger partial charge in [-0.05, 0) is 48.9 Å². The fraction of sp³-hybridized carbons (Fsp3) is 0.316. The van der Waals surface area contributed by atoms with E-state index in [1.807, 2.05) is 42.6 Å². The zero-order chi connectivity index (χ0) is 16.3. The van der Waals surface area contributed by atoms with Gasteiger partial charge in [0.15, 0.2) is 0 Å². The highest BCUT2D eigenvalue weighted by Gasteiger charge is 1.95. The molecule has 0 aliphatic rings. The summed E-state index contributed by atoms with van der Waals surface area (Å²) < 4.78 is 15.9. The Labute approximate surface area is 137 Å². The number of nitrogens with zero attached hydrogens (tertiary/aromatic N) is 1. The number of rotatable bonds is 9. The summed E-state index contributed by atoms with van der Waals surface area (Å²) in [5.41, 5.74) is 3.22. The average Bonchev–Trinajstić information content (AvgIpc) is 2.58. The molecule has 122 valence electrons. The third-order valence-corrected chi connectivity index (χ3v) is 3.20. The summed E-state index contributed by atoms with van der Waals surface area (Å²) in [6, 6.07) is 16.0. The fourth-order valence-electron chi connectivity index (χ4n) is 1.89. The molecule has 23 heavy (non-hydrogen) atoms. The summed E-state index contributed by atoms with van der Waals surface area (Å²) >= 11 is 0. The molecule has 2 rings (SSSR count). The number of hydrogen-bond acceptors (Lipinski definition) is 4.